The molecule has 90 valence electrons. The van der Waals surface area contributed by atoms with Gasteiger partial charge in [-0.05, 0) is 12.8 Å². The van der Waals surface area contributed by atoms with Crippen LogP contribution in [0.15, 0.2) is 6.20 Å². The molecule has 0 aromatic carbocycles. The zero-order valence-electron chi connectivity index (χ0n) is 8.67. The lowest BCUT2D eigenvalue weighted by molar-refractivity contribution is -0.146. The van der Waals surface area contributed by atoms with Crippen LogP contribution in [0.3, 0.4) is 0 Å². The summed E-state index contributed by atoms with van der Waals surface area (Å²) in [5, 5.41) is 12.7. The Morgan fingerprint density at radius 1 is 1.38 bits per heavy atom. The second kappa shape index (κ2) is 4.08. The van der Waals surface area contributed by atoms with Gasteiger partial charge in [0.05, 0.1) is 18.8 Å². The Morgan fingerprint density at radius 2 is 2.00 bits per heavy atom. The van der Waals surface area contributed by atoms with Crippen LogP contribution in [0.4, 0.5) is 13.2 Å². The number of aromatic nitrogens is 2. The van der Waals surface area contributed by atoms with Gasteiger partial charge < -0.3 is 5.11 Å². The molecule has 0 amide bonds. The first-order valence-corrected chi connectivity index (χ1v) is 5.28. The van der Waals surface area contributed by atoms with Crippen LogP contribution in [0.1, 0.15) is 43.0 Å². The third-order valence-corrected chi connectivity index (χ3v) is 2.98. The third kappa shape index (κ3) is 1.93. The minimum atomic E-state index is -4.45. The van der Waals surface area contributed by atoms with Crippen LogP contribution in [0.25, 0.3) is 0 Å². The van der Waals surface area contributed by atoms with E-state index in [4.69, 9.17) is 5.11 Å². The standard InChI is InChI=1S/C10H13F3N2O/c11-10(12,13)9-7(6-16)5-14-15(9)8-3-1-2-4-8/h5,8,16H,1-4,6H2. The first-order chi connectivity index (χ1) is 7.54. The molecule has 0 bridgehead atoms. The Labute approximate surface area is 90.9 Å². The molecule has 1 N–H and O–H groups in total. The molecule has 0 unspecified atom stereocenters. The summed E-state index contributed by atoms with van der Waals surface area (Å²) >= 11 is 0. The molecular weight excluding hydrogens is 221 g/mol. The van der Waals surface area contributed by atoms with Crippen molar-refractivity contribution in [2.75, 3.05) is 0 Å². The van der Waals surface area contributed by atoms with Crippen molar-refractivity contribution >= 4 is 0 Å². The summed E-state index contributed by atoms with van der Waals surface area (Å²) in [4.78, 5) is 0. The van der Waals surface area contributed by atoms with Crippen LogP contribution in [0.5, 0.6) is 0 Å². The first-order valence-electron chi connectivity index (χ1n) is 5.28. The van der Waals surface area contributed by atoms with Gasteiger partial charge in [-0.3, -0.25) is 4.68 Å². The molecule has 1 aliphatic carbocycles. The quantitative estimate of drug-likeness (QED) is 0.853. The van der Waals surface area contributed by atoms with Gasteiger partial charge >= 0.3 is 6.18 Å². The summed E-state index contributed by atoms with van der Waals surface area (Å²) in [6, 6.07) is -0.170. The number of alkyl halides is 3. The summed E-state index contributed by atoms with van der Waals surface area (Å²) in [5.74, 6) is 0. The van der Waals surface area contributed by atoms with Gasteiger partial charge in [0.1, 0.15) is 5.69 Å². The van der Waals surface area contributed by atoms with Gasteiger partial charge in [0, 0.05) is 5.56 Å². The zero-order chi connectivity index (χ0) is 11.8. The number of aliphatic hydroxyl groups excluding tert-OH is 1. The maximum atomic E-state index is 12.8. The monoisotopic (exact) mass is 234 g/mol. The highest BCUT2D eigenvalue weighted by atomic mass is 19.4. The molecule has 0 spiro atoms. The van der Waals surface area contributed by atoms with Crippen molar-refractivity contribution in [3.63, 3.8) is 0 Å². The summed E-state index contributed by atoms with van der Waals surface area (Å²) in [6.45, 7) is -0.623. The van der Waals surface area contributed by atoms with Crippen molar-refractivity contribution in [2.24, 2.45) is 0 Å². The minimum Gasteiger partial charge on any atom is -0.392 e. The van der Waals surface area contributed by atoms with Crippen LogP contribution < -0.4 is 0 Å². The normalized spacial score (nSPS) is 18.2. The number of aliphatic hydroxyl groups is 1. The molecule has 0 atom stereocenters. The van der Waals surface area contributed by atoms with Gasteiger partial charge in [-0.15, -0.1) is 0 Å². The van der Waals surface area contributed by atoms with Gasteiger partial charge in [-0.25, -0.2) is 0 Å². The predicted octanol–water partition coefficient (Wildman–Crippen LogP) is 2.51. The highest BCUT2D eigenvalue weighted by Crippen LogP contribution is 2.37. The number of hydrogen-bond donors (Lipinski definition) is 1. The van der Waals surface area contributed by atoms with Gasteiger partial charge in [0.15, 0.2) is 0 Å². The molecule has 2 rings (SSSR count). The molecule has 0 radical (unpaired) electrons. The molecule has 1 aliphatic rings. The molecule has 3 nitrogen and oxygen atoms in total. The van der Waals surface area contributed by atoms with E-state index in [9.17, 15) is 13.2 Å². The Hall–Kier alpha value is -1.04. The molecule has 1 aromatic heterocycles. The number of rotatable bonds is 2. The van der Waals surface area contributed by atoms with E-state index in [1.807, 2.05) is 0 Å². The van der Waals surface area contributed by atoms with Crippen molar-refractivity contribution in [1.29, 1.82) is 0 Å². The van der Waals surface area contributed by atoms with Crippen LogP contribution in [0, 0.1) is 0 Å². The minimum absolute atomic E-state index is 0.139. The van der Waals surface area contributed by atoms with Crippen LogP contribution >= 0.6 is 0 Å². The van der Waals surface area contributed by atoms with E-state index in [1.165, 1.54) is 0 Å². The molecule has 1 heterocycles. The van der Waals surface area contributed by atoms with E-state index >= 15 is 0 Å². The average molecular weight is 234 g/mol. The Morgan fingerprint density at radius 3 is 2.50 bits per heavy atom. The van der Waals surface area contributed by atoms with E-state index in [-0.39, 0.29) is 11.6 Å². The van der Waals surface area contributed by atoms with Crippen molar-refractivity contribution in [3.05, 3.63) is 17.5 Å². The van der Waals surface area contributed by atoms with Gasteiger partial charge in [-0.1, -0.05) is 12.8 Å². The average Bonchev–Trinajstić information content (AvgIpc) is 2.84. The number of nitrogens with zero attached hydrogens (tertiary/aromatic N) is 2. The van der Waals surface area contributed by atoms with E-state index in [2.05, 4.69) is 5.10 Å². The SMILES string of the molecule is OCc1cnn(C2CCCC2)c1C(F)(F)F. The Bertz CT molecular complexity index is 367. The summed E-state index contributed by atoms with van der Waals surface area (Å²) in [5.41, 5.74) is -0.929. The van der Waals surface area contributed by atoms with Crippen LogP contribution in [-0.4, -0.2) is 14.9 Å². The lowest BCUT2D eigenvalue weighted by Crippen LogP contribution is -2.19. The van der Waals surface area contributed by atoms with Crippen LogP contribution in [0.2, 0.25) is 0 Å². The maximum Gasteiger partial charge on any atom is 0.433 e. The second-order valence-corrected chi connectivity index (χ2v) is 4.06. The van der Waals surface area contributed by atoms with E-state index in [1.54, 1.807) is 0 Å². The lowest BCUT2D eigenvalue weighted by Gasteiger charge is -2.16. The Balaban J connectivity index is 2.41. The Kier molecular flexibility index (Phi) is 2.92. The first kappa shape index (κ1) is 11.4. The fourth-order valence-electron chi connectivity index (χ4n) is 2.25. The van der Waals surface area contributed by atoms with Gasteiger partial charge in [0.2, 0.25) is 0 Å². The lowest BCUT2D eigenvalue weighted by atomic mass is 10.2. The fraction of sp³-hybridized carbons (Fsp3) is 0.700. The van der Waals surface area contributed by atoms with E-state index in [0.29, 0.717) is 0 Å². The molecule has 1 aromatic rings. The van der Waals surface area contributed by atoms with Crippen molar-refractivity contribution in [1.82, 2.24) is 9.78 Å². The summed E-state index contributed by atoms with van der Waals surface area (Å²) in [7, 11) is 0. The van der Waals surface area contributed by atoms with Crippen molar-refractivity contribution in [2.45, 2.75) is 44.5 Å². The topological polar surface area (TPSA) is 38.1 Å². The zero-order valence-corrected chi connectivity index (χ0v) is 8.67. The number of hydrogen-bond acceptors (Lipinski definition) is 2. The second-order valence-electron chi connectivity index (χ2n) is 4.06. The largest absolute Gasteiger partial charge is 0.433 e. The molecule has 0 aliphatic heterocycles. The van der Waals surface area contributed by atoms with Crippen molar-refractivity contribution < 1.29 is 18.3 Å². The fourth-order valence-corrected chi connectivity index (χ4v) is 2.25. The predicted molar refractivity (Wildman–Crippen MR) is 50.7 cm³/mol. The molecular formula is C10H13F3N2O. The van der Waals surface area contributed by atoms with Crippen LogP contribution in [-0.2, 0) is 12.8 Å². The highest BCUT2D eigenvalue weighted by Gasteiger charge is 2.39. The smallest absolute Gasteiger partial charge is 0.392 e. The summed E-state index contributed by atoms with van der Waals surface area (Å²) in [6.07, 6.45) is 0.0100. The number of halogens is 3. The summed E-state index contributed by atoms with van der Waals surface area (Å²) < 4.78 is 39.5. The highest BCUT2D eigenvalue weighted by molar-refractivity contribution is 5.20. The maximum absolute atomic E-state index is 12.8. The molecule has 0 saturated heterocycles. The van der Waals surface area contributed by atoms with E-state index in [0.717, 1.165) is 36.6 Å². The molecule has 6 heteroatoms. The molecule has 1 saturated carbocycles. The van der Waals surface area contributed by atoms with E-state index < -0.39 is 18.5 Å². The van der Waals surface area contributed by atoms with Gasteiger partial charge in [0.25, 0.3) is 0 Å². The molecule has 1 fully saturated rings. The third-order valence-electron chi connectivity index (χ3n) is 2.98. The molecule has 16 heavy (non-hydrogen) atoms. The van der Waals surface area contributed by atoms with Gasteiger partial charge in [-0.2, -0.15) is 18.3 Å². The van der Waals surface area contributed by atoms with Crippen molar-refractivity contribution in [3.8, 4) is 0 Å².